The fraction of sp³-hybridized carbons (Fsp3) is 0.457. The van der Waals surface area contributed by atoms with Gasteiger partial charge in [0.05, 0.1) is 49.4 Å². The monoisotopic (exact) mass is 816 g/mol. The number of aromatic amines is 1. The van der Waals surface area contributed by atoms with Crippen LogP contribution in [0.5, 0.6) is 0 Å². The quantitative estimate of drug-likeness (QED) is 0.141. The number of H-pyrrole nitrogens is 1. The molecule has 5 heterocycles. The summed E-state index contributed by atoms with van der Waals surface area (Å²) in [6.45, 7) is 13.1. The first-order chi connectivity index (χ1) is 28.7. The normalized spacial score (nSPS) is 21.2. The van der Waals surface area contributed by atoms with Crippen LogP contribution in [0.15, 0.2) is 72.0 Å². The standard InChI is InChI=1S/C46H56N8O6/c1-25(2)40(51-45(57)59-7)43(55)53-23-27(5)17-38(53)36-20-33(21-47-36)30-11-9-29(10-12-30)31-13-15-34-32(19-31)14-16-35(49-34)37-22-48-42(50-37)39-18-28(6)24-54(39)44(56)41(26(3)4)52-46(58)60-8/h9-16,19,21-22,25-28,38-41H,17-18,20,23-24H2,1-8H3,(H,48,50)(H,51,57)(H,52,58)/t27-,28-,38-,39-,40-,41-/m0/s1. The van der Waals surface area contributed by atoms with Crippen molar-refractivity contribution in [2.45, 2.75) is 85.0 Å². The molecule has 2 aromatic carbocycles. The highest BCUT2D eigenvalue weighted by Crippen LogP contribution is 2.37. The highest BCUT2D eigenvalue weighted by molar-refractivity contribution is 6.04. The van der Waals surface area contributed by atoms with E-state index in [9.17, 15) is 19.2 Å². The number of allylic oxidation sites excluding steroid dienone is 1. The van der Waals surface area contributed by atoms with Crippen molar-refractivity contribution in [1.29, 1.82) is 0 Å². The molecule has 14 nitrogen and oxygen atoms in total. The molecule has 0 bridgehead atoms. The van der Waals surface area contributed by atoms with E-state index in [-0.39, 0.29) is 41.7 Å². The van der Waals surface area contributed by atoms with Crippen LogP contribution in [0.2, 0.25) is 0 Å². The summed E-state index contributed by atoms with van der Waals surface area (Å²) < 4.78 is 9.58. The number of ether oxygens (including phenoxy) is 2. The molecule has 60 heavy (non-hydrogen) atoms. The van der Waals surface area contributed by atoms with E-state index in [1.54, 1.807) is 6.20 Å². The first kappa shape index (κ1) is 42.1. The number of alkyl carbamates (subject to hydrolysis) is 2. The number of hydrogen-bond donors (Lipinski definition) is 3. The molecule has 14 heteroatoms. The van der Waals surface area contributed by atoms with Gasteiger partial charge >= 0.3 is 12.2 Å². The Morgan fingerprint density at radius 1 is 0.750 bits per heavy atom. The zero-order valence-corrected chi connectivity index (χ0v) is 35.7. The van der Waals surface area contributed by atoms with Crippen LogP contribution in [0.25, 0.3) is 39.0 Å². The van der Waals surface area contributed by atoms with Crippen LogP contribution in [0.3, 0.4) is 0 Å². The van der Waals surface area contributed by atoms with E-state index in [4.69, 9.17) is 24.4 Å². The van der Waals surface area contributed by atoms with Crippen LogP contribution in [0, 0.1) is 23.7 Å². The summed E-state index contributed by atoms with van der Waals surface area (Å²) in [4.78, 5) is 73.2. The first-order valence-electron chi connectivity index (χ1n) is 20.9. The lowest BCUT2D eigenvalue weighted by molar-refractivity contribution is -0.136. The van der Waals surface area contributed by atoms with Crippen molar-refractivity contribution in [3.63, 3.8) is 0 Å². The van der Waals surface area contributed by atoms with Crippen molar-refractivity contribution in [2.24, 2.45) is 28.7 Å². The van der Waals surface area contributed by atoms with Gasteiger partial charge in [0, 0.05) is 36.8 Å². The Morgan fingerprint density at radius 3 is 1.92 bits per heavy atom. The molecule has 2 saturated heterocycles. The second kappa shape index (κ2) is 17.7. The number of imidazole rings is 1. The molecule has 0 unspecified atom stereocenters. The van der Waals surface area contributed by atoms with E-state index < -0.39 is 24.3 Å². The van der Waals surface area contributed by atoms with Crippen LogP contribution in [-0.4, -0.2) is 99.9 Å². The maximum absolute atomic E-state index is 13.7. The summed E-state index contributed by atoms with van der Waals surface area (Å²) in [5.41, 5.74) is 7.65. The van der Waals surface area contributed by atoms with Crippen LogP contribution in [0.1, 0.15) is 78.2 Å². The van der Waals surface area contributed by atoms with Crippen molar-refractivity contribution >= 4 is 46.2 Å². The molecule has 2 aromatic heterocycles. The Labute approximate surface area is 351 Å². The van der Waals surface area contributed by atoms with E-state index in [1.165, 1.54) is 14.2 Å². The number of hydrogen-bond acceptors (Lipinski definition) is 9. The Hall–Kier alpha value is -6.05. The minimum Gasteiger partial charge on any atom is -0.453 e. The van der Waals surface area contributed by atoms with Crippen molar-refractivity contribution in [2.75, 3.05) is 27.3 Å². The van der Waals surface area contributed by atoms with E-state index in [1.807, 2.05) is 55.8 Å². The van der Waals surface area contributed by atoms with Gasteiger partial charge in [0.15, 0.2) is 0 Å². The van der Waals surface area contributed by atoms with Crippen molar-refractivity contribution < 1.29 is 28.7 Å². The number of benzene rings is 2. The van der Waals surface area contributed by atoms with E-state index in [2.05, 4.69) is 71.9 Å². The average molecular weight is 817 g/mol. The van der Waals surface area contributed by atoms with Crippen molar-refractivity contribution in [1.82, 2.24) is 35.4 Å². The number of nitrogens with one attached hydrogen (secondary N) is 3. The molecule has 2 fully saturated rings. The molecule has 0 aliphatic carbocycles. The summed E-state index contributed by atoms with van der Waals surface area (Å²) in [6, 6.07) is 17.0. The van der Waals surface area contributed by atoms with Gasteiger partial charge in [-0.1, -0.05) is 77.9 Å². The van der Waals surface area contributed by atoms with Gasteiger partial charge in [-0.15, -0.1) is 0 Å². The third kappa shape index (κ3) is 8.78. The van der Waals surface area contributed by atoms with Gasteiger partial charge in [0.25, 0.3) is 0 Å². The molecule has 4 aromatic rings. The van der Waals surface area contributed by atoms with Crippen LogP contribution >= 0.6 is 0 Å². The highest BCUT2D eigenvalue weighted by atomic mass is 16.5. The van der Waals surface area contributed by atoms with Crippen LogP contribution in [-0.2, 0) is 19.1 Å². The maximum Gasteiger partial charge on any atom is 0.407 e. The predicted molar refractivity (Wildman–Crippen MR) is 231 cm³/mol. The summed E-state index contributed by atoms with van der Waals surface area (Å²) in [6.07, 6.45) is 4.67. The molecule has 6 atom stereocenters. The summed E-state index contributed by atoms with van der Waals surface area (Å²) in [5, 5.41) is 6.44. The fourth-order valence-electron chi connectivity index (χ4n) is 8.71. The number of fused-ring (bicyclic) bond motifs is 1. The third-order valence-electron chi connectivity index (χ3n) is 12.0. The predicted octanol–water partition coefficient (Wildman–Crippen LogP) is 7.39. The lowest BCUT2D eigenvalue weighted by Gasteiger charge is -2.31. The maximum atomic E-state index is 13.7. The number of aliphatic imine (C=N–C) groups is 1. The van der Waals surface area contributed by atoms with Gasteiger partial charge < -0.3 is 34.9 Å². The van der Waals surface area contributed by atoms with Gasteiger partial charge in [-0.2, -0.15) is 0 Å². The van der Waals surface area contributed by atoms with Gasteiger partial charge in [-0.05, 0) is 77.0 Å². The summed E-state index contributed by atoms with van der Waals surface area (Å²) in [5.74, 6) is 0.795. The molecule has 0 spiro atoms. The smallest absolute Gasteiger partial charge is 0.407 e. The second-order valence-electron chi connectivity index (χ2n) is 17.2. The lowest BCUT2D eigenvalue weighted by atomic mass is 9.95. The van der Waals surface area contributed by atoms with Gasteiger partial charge in [0.1, 0.15) is 17.9 Å². The van der Waals surface area contributed by atoms with E-state index in [0.29, 0.717) is 31.3 Å². The molecule has 3 N–H and O–H groups in total. The molecule has 316 valence electrons. The largest absolute Gasteiger partial charge is 0.453 e. The van der Waals surface area contributed by atoms with E-state index in [0.717, 1.165) is 63.1 Å². The van der Waals surface area contributed by atoms with Gasteiger partial charge in [-0.25, -0.2) is 19.6 Å². The number of methoxy groups -OCH3 is 2. The average Bonchev–Trinajstić information content (AvgIpc) is 4.07. The van der Waals surface area contributed by atoms with Crippen LogP contribution < -0.4 is 10.6 Å². The molecule has 3 aliphatic rings. The minimum absolute atomic E-state index is 0.0968. The SMILES string of the molecule is COC(=O)N[C@H](C(=O)N1C[C@@H](C)C[C@H]1C1=NC=C(c2ccc(-c3ccc4nc(-c5cnc([C@@H]6C[C@H](C)CN6C(=O)[C@@H](NC(=O)OC)C(C)C)[nH]5)ccc4c3)cc2)C1)C(C)C. The molecule has 7 rings (SSSR count). The number of pyridine rings is 1. The Morgan fingerprint density at radius 2 is 1.32 bits per heavy atom. The molecule has 0 saturated carbocycles. The number of carbonyl (C=O) groups excluding carboxylic acids is 4. The number of aromatic nitrogens is 3. The minimum atomic E-state index is -0.710. The first-order valence-corrected chi connectivity index (χ1v) is 20.9. The Kier molecular flexibility index (Phi) is 12.4. The Balaban J connectivity index is 1.01. The third-order valence-corrected chi connectivity index (χ3v) is 12.0. The fourth-order valence-corrected chi connectivity index (χ4v) is 8.71. The van der Waals surface area contributed by atoms with E-state index >= 15 is 0 Å². The lowest BCUT2D eigenvalue weighted by Crippen LogP contribution is -2.53. The molecular weight excluding hydrogens is 761 g/mol. The number of amides is 4. The molecular formula is C46H56N8O6. The number of carbonyl (C=O) groups is 4. The molecule has 0 radical (unpaired) electrons. The van der Waals surface area contributed by atoms with Crippen LogP contribution in [0.4, 0.5) is 9.59 Å². The van der Waals surface area contributed by atoms with Gasteiger partial charge in [-0.3, -0.25) is 14.6 Å². The number of nitrogens with zero attached hydrogens (tertiary/aromatic N) is 5. The molecule has 3 aliphatic heterocycles. The zero-order chi connectivity index (χ0) is 42.8. The van der Waals surface area contributed by atoms with Gasteiger partial charge in [0.2, 0.25) is 11.8 Å². The topological polar surface area (TPSA) is 171 Å². The number of rotatable bonds is 11. The Bertz CT molecular complexity index is 2320. The number of likely N-dealkylation sites (tertiary alicyclic amines) is 2. The summed E-state index contributed by atoms with van der Waals surface area (Å²) in [7, 11) is 2.59. The molecule has 4 amide bonds. The zero-order valence-electron chi connectivity index (χ0n) is 35.7. The second-order valence-corrected chi connectivity index (χ2v) is 17.2. The van der Waals surface area contributed by atoms with Crippen molar-refractivity contribution in [3.05, 3.63) is 78.4 Å². The van der Waals surface area contributed by atoms with Crippen molar-refractivity contribution in [3.8, 4) is 22.5 Å². The highest BCUT2D eigenvalue weighted by Gasteiger charge is 2.42. The summed E-state index contributed by atoms with van der Waals surface area (Å²) >= 11 is 0.